The molecular formula is C23H20N4O4S. The standard InChI is InChI=1S/C23H20N4O4S/c28-22(27-12-11-15-5-1-2-6-16(15)14-27)18-7-3-4-8-19(18)26-32(30,31)17-9-10-20-21(13-17)25-23(29)24-20/h1-10,13,26H,11-12,14H2,(H2,24,25,29). The van der Waals surface area contributed by atoms with Crippen molar-refractivity contribution in [3.8, 4) is 0 Å². The van der Waals surface area contributed by atoms with E-state index in [4.69, 9.17) is 0 Å². The largest absolute Gasteiger partial charge is 0.334 e. The van der Waals surface area contributed by atoms with Gasteiger partial charge in [0.25, 0.3) is 15.9 Å². The zero-order chi connectivity index (χ0) is 22.3. The topological polar surface area (TPSA) is 115 Å². The molecule has 2 heterocycles. The Bertz CT molecular complexity index is 1500. The van der Waals surface area contributed by atoms with Crippen molar-refractivity contribution in [2.75, 3.05) is 11.3 Å². The van der Waals surface area contributed by atoms with Gasteiger partial charge in [0.2, 0.25) is 0 Å². The van der Waals surface area contributed by atoms with Crippen molar-refractivity contribution in [3.63, 3.8) is 0 Å². The monoisotopic (exact) mass is 448 g/mol. The summed E-state index contributed by atoms with van der Waals surface area (Å²) in [5, 5.41) is 0. The van der Waals surface area contributed by atoms with Crippen LogP contribution < -0.4 is 10.4 Å². The van der Waals surface area contributed by atoms with Crippen LogP contribution in [0.5, 0.6) is 0 Å². The van der Waals surface area contributed by atoms with Gasteiger partial charge in [-0.1, -0.05) is 36.4 Å². The minimum atomic E-state index is -3.99. The van der Waals surface area contributed by atoms with E-state index < -0.39 is 15.7 Å². The summed E-state index contributed by atoms with van der Waals surface area (Å²) in [6.45, 7) is 1.04. The van der Waals surface area contributed by atoms with Crippen LogP contribution >= 0.6 is 0 Å². The van der Waals surface area contributed by atoms with Crippen molar-refractivity contribution in [1.82, 2.24) is 14.9 Å². The van der Waals surface area contributed by atoms with Crippen LogP contribution in [0.1, 0.15) is 21.5 Å². The Morgan fingerprint density at radius 1 is 0.906 bits per heavy atom. The highest BCUT2D eigenvalue weighted by molar-refractivity contribution is 7.92. The van der Waals surface area contributed by atoms with Gasteiger partial charge < -0.3 is 14.9 Å². The SMILES string of the molecule is O=C(c1ccccc1NS(=O)(=O)c1ccc2[nH]c(=O)[nH]c2c1)N1CCc2ccccc2C1. The first-order chi connectivity index (χ1) is 15.4. The van der Waals surface area contributed by atoms with E-state index in [-0.39, 0.29) is 22.1 Å². The molecule has 1 aliphatic rings. The summed E-state index contributed by atoms with van der Waals surface area (Å²) in [6.07, 6.45) is 0.755. The lowest BCUT2D eigenvalue weighted by atomic mass is 9.99. The van der Waals surface area contributed by atoms with Crippen LogP contribution in [0, 0.1) is 0 Å². The molecule has 0 radical (unpaired) electrons. The third-order valence-corrected chi connectivity index (χ3v) is 6.98. The molecule has 0 saturated carbocycles. The van der Waals surface area contributed by atoms with Crippen LogP contribution in [0.2, 0.25) is 0 Å². The van der Waals surface area contributed by atoms with Crippen LogP contribution in [-0.2, 0) is 23.0 Å². The van der Waals surface area contributed by atoms with Crippen molar-refractivity contribution >= 4 is 32.7 Å². The van der Waals surface area contributed by atoms with E-state index in [9.17, 15) is 18.0 Å². The molecule has 5 rings (SSSR count). The number of fused-ring (bicyclic) bond motifs is 2. The summed E-state index contributed by atoms with van der Waals surface area (Å²) >= 11 is 0. The van der Waals surface area contributed by atoms with E-state index in [1.807, 2.05) is 18.2 Å². The van der Waals surface area contributed by atoms with Gasteiger partial charge in [0.15, 0.2) is 0 Å². The maximum atomic E-state index is 13.3. The van der Waals surface area contributed by atoms with Crippen molar-refractivity contribution in [2.24, 2.45) is 0 Å². The fraction of sp³-hybridized carbons (Fsp3) is 0.130. The van der Waals surface area contributed by atoms with Crippen molar-refractivity contribution in [1.29, 1.82) is 0 Å². The minimum absolute atomic E-state index is 0.0191. The third kappa shape index (κ3) is 3.67. The van der Waals surface area contributed by atoms with Gasteiger partial charge in [-0.05, 0) is 47.9 Å². The van der Waals surface area contributed by atoms with E-state index >= 15 is 0 Å². The first kappa shape index (κ1) is 20.1. The number of para-hydroxylation sites is 1. The summed E-state index contributed by atoms with van der Waals surface area (Å²) in [6, 6.07) is 18.9. The quantitative estimate of drug-likeness (QED) is 0.445. The maximum absolute atomic E-state index is 13.3. The number of carbonyl (C=O) groups excluding carboxylic acids is 1. The Hall–Kier alpha value is -3.85. The van der Waals surface area contributed by atoms with Crippen LogP contribution in [0.25, 0.3) is 11.0 Å². The normalized spacial score (nSPS) is 13.7. The molecular weight excluding hydrogens is 428 g/mol. The Kier molecular flexibility index (Phi) is 4.82. The Morgan fingerprint density at radius 3 is 2.47 bits per heavy atom. The Labute approximate surface area is 184 Å². The number of amides is 1. The number of sulfonamides is 1. The van der Waals surface area contributed by atoms with Gasteiger partial charge in [-0.3, -0.25) is 9.52 Å². The summed E-state index contributed by atoms with van der Waals surface area (Å²) in [7, 11) is -3.99. The average molecular weight is 449 g/mol. The number of hydrogen-bond acceptors (Lipinski definition) is 4. The van der Waals surface area contributed by atoms with Crippen molar-refractivity contribution in [3.05, 3.63) is 93.9 Å². The van der Waals surface area contributed by atoms with Crippen LogP contribution in [0.4, 0.5) is 5.69 Å². The molecule has 4 aromatic rings. The molecule has 3 N–H and O–H groups in total. The molecule has 3 aromatic carbocycles. The number of aromatic nitrogens is 2. The van der Waals surface area contributed by atoms with Gasteiger partial charge in [0, 0.05) is 13.1 Å². The van der Waals surface area contributed by atoms with Gasteiger partial charge >= 0.3 is 5.69 Å². The van der Waals surface area contributed by atoms with E-state index in [1.165, 1.54) is 23.8 Å². The zero-order valence-electron chi connectivity index (χ0n) is 17.0. The van der Waals surface area contributed by atoms with Crippen molar-refractivity contribution in [2.45, 2.75) is 17.9 Å². The van der Waals surface area contributed by atoms with Crippen LogP contribution in [0.15, 0.2) is 76.4 Å². The zero-order valence-corrected chi connectivity index (χ0v) is 17.8. The molecule has 0 saturated heterocycles. The molecule has 0 atom stereocenters. The molecule has 32 heavy (non-hydrogen) atoms. The van der Waals surface area contributed by atoms with Gasteiger partial charge in [0.05, 0.1) is 27.2 Å². The number of aromatic amines is 2. The molecule has 1 aliphatic heterocycles. The fourth-order valence-electron chi connectivity index (χ4n) is 3.98. The molecule has 162 valence electrons. The molecule has 0 spiro atoms. The first-order valence-corrected chi connectivity index (χ1v) is 11.6. The number of nitrogens with one attached hydrogen (secondary N) is 3. The maximum Gasteiger partial charge on any atom is 0.323 e. The second-order valence-electron chi connectivity index (χ2n) is 7.68. The number of carbonyl (C=O) groups is 1. The molecule has 0 aliphatic carbocycles. The lowest BCUT2D eigenvalue weighted by Crippen LogP contribution is -2.36. The molecule has 9 heteroatoms. The molecule has 0 bridgehead atoms. The summed E-state index contributed by atoms with van der Waals surface area (Å²) in [5.41, 5.74) is 3.29. The second-order valence-corrected chi connectivity index (χ2v) is 9.37. The highest BCUT2D eigenvalue weighted by atomic mass is 32.2. The number of nitrogens with zero attached hydrogens (tertiary/aromatic N) is 1. The molecule has 0 unspecified atom stereocenters. The number of rotatable bonds is 4. The number of benzene rings is 3. The molecule has 8 nitrogen and oxygen atoms in total. The number of hydrogen-bond donors (Lipinski definition) is 3. The number of H-pyrrole nitrogens is 2. The predicted octanol–water partition coefficient (Wildman–Crippen LogP) is 2.86. The fourth-order valence-corrected chi connectivity index (χ4v) is 5.09. The van der Waals surface area contributed by atoms with E-state index in [0.29, 0.717) is 24.1 Å². The second kappa shape index (κ2) is 7.69. The lowest BCUT2D eigenvalue weighted by molar-refractivity contribution is 0.0736. The summed E-state index contributed by atoms with van der Waals surface area (Å²) in [5.74, 6) is -0.233. The first-order valence-electron chi connectivity index (χ1n) is 10.1. The third-order valence-electron chi connectivity index (χ3n) is 5.62. The highest BCUT2D eigenvalue weighted by Gasteiger charge is 2.25. The van der Waals surface area contributed by atoms with Crippen molar-refractivity contribution < 1.29 is 13.2 Å². The van der Waals surface area contributed by atoms with Crippen LogP contribution in [-0.4, -0.2) is 35.7 Å². The Morgan fingerprint density at radius 2 is 1.62 bits per heavy atom. The van der Waals surface area contributed by atoms with Gasteiger partial charge in [-0.15, -0.1) is 0 Å². The summed E-state index contributed by atoms with van der Waals surface area (Å²) in [4.78, 5) is 31.6. The Balaban J connectivity index is 1.44. The van der Waals surface area contributed by atoms with E-state index in [2.05, 4.69) is 20.8 Å². The lowest BCUT2D eigenvalue weighted by Gasteiger charge is -2.29. The van der Waals surface area contributed by atoms with E-state index in [0.717, 1.165) is 12.0 Å². The average Bonchev–Trinajstić information content (AvgIpc) is 3.17. The minimum Gasteiger partial charge on any atom is -0.334 e. The molecule has 1 aromatic heterocycles. The molecule has 0 fully saturated rings. The number of anilines is 1. The number of imidazole rings is 1. The smallest absolute Gasteiger partial charge is 0.323 e. The van der Waals surface area contributed by atoms with Crippen LogP contribution in [0.3, 0.4) is 0 Å². The highest BCUT2D eigenvalue weighted by Crippen LogP contribution is 2.25. The van der Waals surface area contributed by atoms with E-state index in [1.54, 1.807) is 29.2 Å². The molecule has 1 amide bonds. The predicted molar refractivity (Wildman–Crippen MR) is 121 cm³/mol. The van der Waals surface area contributed by atoms with Gasteiger partial charge in [-0.2, -0.15) is 0 Å². The van der Waals surface area contributed by atoms with Gasteiger partial charge in [0.1, 0.15) is 0 Å². The van der Waals surface area contributed by atoms with Gasteiger partial charge in [-0.25, -0.2) is 13.2 Å². The summed E-state index contributed by atoms with van der Waals surface area (Å²) < 4.78 is 28.6.